The summed E-state index contributed by atoms with van der Waals surface area (Å²) < 4.78 is 26.8. The van der Waals surface area contributed by atoms with Crippen LogP contribution >= 0.6 is 15.9 Å². The zero-order valence-corrected chi connectivity index (χ0v) is 11.8. The van der Waals surface area contributed by atoms with Gasteiger partial charge >= 0.3 is 0 Å². The smallest absolute Gasteiger partial charge is 0.207 e. The lowest BCUT2D eigenvalue weighted by atomic mass is 10.0. The average Bonchev–Trinajstić information content (AvgIpc) is 2.29. The largest absolute Gasteiger partial charge is 0.241 e. The van der Waals surface area contributed by atoms with E-state index in [4.69, 9.17) is 0 Å². The first-order valence-electron chi connectivity index (χ1n) is 5.08. The Morgan fingerprint density at radius 3 is 2.31 bits per heavy atom. The molecule has 0 radical (unpaired) electrons. The van der Waals surface area contributed by atoms with Gasteiger partial charge in [-0.25, -0.2) is 13.1 Å². The third-order valence-corrected chi connectivity index (χ3v) is 5.40. The Balaban J connectivity index is 2.97. The highest BCUT2D eigenvalue weighted by Crippen LogP contribution is 2.17. The minimum atomic E-state index is -3.42. The first-order chi connectivity index (χ1) is 7.43. The van der Waals surface area contributed by atoms with Gasteiger partial charge in [-0.05, 0) is 25.5 Å². The van der Waals surface area contributed by atoms with Gasteiger partial charge in [0.25, 0.3) is 0 Å². The molecule has 0 aliphatic rings. The van der Waals surface area contributed by atoms with Crippen molar-refractivity contribution < 1.29 is 8.42 Å². The summed E-state index contributed by atoms with van der Waals surface area (Å²) in [6.45, 7) is 3.83. The molecule has 1 atom stereocenters. The molecule has 0 amide bonds. The molecule has 0 aromatic heterocycles. The maximum atomic E-state index is 12.0. The fraction of sp³-hybridized carbons (Fsp3) is 0.455. The van der Waals surface area contributed by atoms with E-state index in [2.05, 4.69) is 20.7 Å². The summed E-state index contributed by atoms with van der Waals surface area (Å²) in [5.41, 5.74) is -0.450. The number of halogens is 1. The monoisotopic (exact) mass is 305 g/mol. The second kappa shape index (κ2) is 5.29. The van der Waals surface area contributed by atoms with E-state index in [1.807, 2.05) is 13.8 Å². The molecule has 1 rings (SSSR count). The summed E-state index contributed by atoms with van der Waals surface area (Å²) >= 11 is 3.33. The van der Waals surface area contributed by atoms with Crippen LogP contribution in [-0.4, -0.2) is 19.3 Å². The van der Waals surface area contributed by atoms with Crippen molar-refractivity contribution in [1.82, 2.24) is 4.72 Å². The van der Waals surface area contributed by atoms with Crippen LogP contribution in [0.1, 0.15) is 20.3 Å². The van der Waals surface area contributed by atoms with E-state index in [9.17, 15) is 8.42 Å². The summed E-state index contributed by atoms with van der Waals surface area (Å²) in [5, 5.41) is 0.586. The van der Waals surface area contributed by atoms with E-state index in [0.29, 0.717) is 10.2 Å². The van der Waals surface area contributed by atoms with Gasteiger partial charge in [-0.3, -0.25) is 0 Å². The highest BCUT2D eigenvalue weighted by Gasteiger charge is 2.27. The van der Waals surface area contributed by atoms with Gasteiger partial charge in [-0.2, -0.15) is 0 Å². The Kier molecular flexibility index (Phi) is 4.52. The van der Waals surface area contributed by atoms with Crippen molar-refractivity contribution in [3.63, 3.8) is 0 Å². The van der Waals surface area contributed by atoms with E-state index in [-0.39, 0.29) is 0 Å². The van der Waals surface area contributed by atoms with E-state index >= 15 is 0 Å². The Hall–Kier alpha value is -0.390. The van der Waals surface area contributed by atoms with Gasteiger partial charge in [-0.15, -0.1) is 0 Å². The van der Waals surface area contributed by atoms with E-state index < -0.39 is 15.6 Å². The minimum absolute atomic E-state index is 0.302. The number of alkyl halides is 1. The van der Waals surface area contributed by atoms with Crippen LogP contribution in [0.3, 0.4) is 0 Å². The van der Waals surface area contributed by atoms with E-state index in [1.54, 1.807) is 30.3 Å². The van der Waals surface area contributed by atoms with E-state index in [0.717, 1.165) is 6.42 Å². The lowest BCUT2D eigenvalue weighted by Gasteiger charge is -2.26. The molecule has 1 aromatic rings. The Morgan fingerprint density at radius 2 is 1.88 bits per heavy atom. The molecule has 0 bridgehead atoms. The molecule has 0 saturated carbocycles. The summed E-state index contributed by atoms with van der Waals surface area (Å²) in [6, 6.07) is 8.40. The molecule has 90 valence electrons. The van der Waals surface area contributed by atoms with Gasteiger partial charge in [0.15, 0.2) is 0 Å². The Morgan fingerprint density at radius 1 is 1.31 bits per heavy atom. The fourth-order valence-electron chi connectivity index (χ4n) is 1.18. The maximum absolute atomic E-state index is 12.0. The summed E-state index contributed by atoms with van der Waals surface area (Å²) in [4.78, 5) is 0.302. The molecule has 1 aromatic carbocycles. The molecular weight excluding hydrogens is 290 g/mol. The fourth-order valence-corrected chi connectivity index (χ4v) is 3.40. The van der Waals surface area contributed by atoms with Crippen LogP contribution in [0.4, 0.5) is 0 Å². The first-order valence-corrected chi connectivity index (χ1v) is 7.69. The molecule has 5 heteroatoms. The van der Waals surface area contributed by atoms with Gasteiger partial charge in [0.1, 0.15) is 0 Å². The summed E-state index contributed by atoms with van der Waals surface area (Å²) in [6.07, 6.45) is 0.727. The van der Waals surface area contributed by atoms with Crippen LogP contribution in [0, 0.1) is 0 Å². The minimum Gasteiger partial charge on any atom is -0.207 e. The Labute approximate surface area is 105 Å². The normalized spacial score (nSPS) is 15.7. The second-order valence-corrected chi connectivity index (χ2v) is 6.21. The molecule has 0 spiro atoms. The summed E-state index contributed by atoms with van der Waals surface area (Å²) in [7, 11) is -3.42. The zero-order chi connectivity index (χ0) is 12.2. The topological polar surface area (TPSA) is 46.2 Å². The zero-order valence-electron chi connectivity index (χ0n) is 9.40. The molecule has 0 aliphatic heterocycles. The number of hydrogen-bond donors (Lipinski definition) is 1. The van der Waals surface area contributed by atoms with Crippen molar-refractivity contribution in [3.05, 3.63) is 30.3 Å². The molecule has 0 heterocycles. The average molecular weight is 306 g/mol. The number of sulfonamides is 1. The molecule has 0 saturated heterocycles. The quantitative estimate of drug-likeness (QED) is 0.850. The third kappa shape index (κ3) is 3.30. The van der Waals surface area contributed by atoms with Crippen molar-refractivity contribution in [2.24, 2.45) is 0 Å². The molecule has 0 fully saturated rings. The standard InChI is InChI=1S/C11H16BrNO2S/c1-3-11(2,9-12)13-16(14,15)10-7-5-4-6-8-10/h4-8,13H,3,9H2,1-2H3. The maximum Gasteiger partial charge on any atom is 0.241 e. The first kappa shape index (κ1) is 13.7. The number of hydrogen-bond acceptors (Lipinski definition) is 2. The van der Waals surface area contributed by atoms with Crippen molar-refractivity contribution in [2.75, 3.05) is 5.33 Å². The van der Waals surface area contributed by atoms with Crippen LogP contribution < -0.4 is 4.72 Å². The van der Waals surface area contributed by atoms with Gasteiger partial charge in [0.05, 0.1) is 4.90 Å². The van der Waals surface area contributed by atoms with Gasteiger partial charge in [0, 0.05) is 10.9 Å². The van der Waals surface area contributed by atoms with Crippen LogP contribution in [0.2, 0.25) is 0 Å². The Bertz CT molecular complexity index is 427. The molecule has 0 aliphatic carbocycles. The highest BCUT2D eigenvalue weighted by molar-refractivity contribution is 9.09. The van der Waals surface area contributed by atoms with Crippen LogP contribution in [0.5, 0.6) is 0 Å². The molecular formula is C11H16BrNO2S. The number of benzene rings is 1. The highest BCUT2D eigenvalue weighted by atomic mass is 79.9. The second-order valence-electron chi connectivity index (χ2n) is 3.97. The van der Waals surface area contributed by atoms with Crippen molar-refractivity contribution >= 4 is 26.0 Å². The van der Waals surface area contributed by atoms with Crippen LogP contribution in [0.25, 0.3) is 0 Å². The molecule has 3 nitrogen and oxygen atoms in total. The van der Waals surface area contributed by atoms with Crippen LogP contribution in [-0.2, 0) is 10.0 Å². The molecule has 1 unspecified atom stereocenters. The molecule has 1 N–H and O–H groups in total. The SMILES string of the molecule is CCC(C)(CBr)NS(=O)(=O)c1ccccc1. The predicted octanol–water partition coefficient (Wildman–Crippen LogP) is 2.53. The third-order valence-electron chi connectivity index (χ3n) is 2.51. The number of rotatable bonds is 5. The lowest BCUT2D eigenvalue weighted by Crippen LogP contribution is -2.46. The lowest BCUT2D eigenvalue weighted by molar-refractivity contribution is 0.449. The van der Waals surface area contributed by atoms with Crippen LogP contribution in [0.15, 0.2) is 35.2 Å². The molecule has 16 heavy (non-hydrogen) atoms. The van der Waals surface area contributed by atoms with E-state index in [1.165, 1.54) is 0 Å². The number of nitrogens with one attached hydrogen (secondary N) is 1. The van der Waals surface area contributed by atoms with Gasteiger partial charge in [0.2, 0.25) is 10.0 Å². The van der Waals surface area contributed by atoms with Crippen molar-refractivity contribution in [1.29, 1.82) is 0 Å². The predicted molar refractivity (Wildman–Crippen MR) is 69.3 cm³/mol. The van der Waals surface area contributed by atoms with Crippen molar-refractivity contribution in [2.45, 2.75) is 30.7 Å². The van der Waals surface area contributed by atoms with Gasteiger partial charge < -0.3 is 0 Å². The summed E-state index contributed by atoms with van der Waals surface area (Å²) in [5.74, 6) is 0. The van der Waals surface area contributed by atoms with Crippen molar-refractivity contribution in [3.8, 4) is 0 Å². The van der Waals surface area contributed by atoms with Gasteiger partial charge in [-0.1, -0.05) is 41.1 Å².